The fourth-order valence-corrected chi connectivity index (χ4v) is 5.75. The quantitative estimate of drug-likeness (QED) is 0.0825. The van der Waals surface area contributed by atoms with Crippen LogP contribution in [0.3, 0.4) is 0 Å². The SMILES string of the molecule is COc1ccc(C2CC([C@H]3NC(=O)/C(=C/NC(N)=O)NC(=O)[C@@H](CO)NC(=O)[C@@H](CO)NC(=O)C(NC(=O)C[C@@H](N)CCCN)CNC3=O)NC(N)=N2)cc1OC. The summed E-state index contributed by atoms with van der Waals surface area (Å²) < 4.78 is 10.7. The van der Waals surface area contributed by atoms with Crippen molar-refractivity contribution in [2.24, 2.45) is 27.9 Å². The number of urea groups is 1. The Morgan fingerprint density at radius 3 is 2.26 bits per heavy atom. The molecular weight excluding hydrogens is 754 g/mol. The summed E-state index contributed by atoms with van der Waals surface area (Å²) in [7, 11) is 2.90. The fraction of sp³-hybridized carbons (Fsp3) is 0.515. The van der Waals surface area contributed by atoms with Gasteiger partial charge in [-0.05, 0) is 43.5 Å². The number of nitrogens with zero attached hydrogens (tertiary/aromatic N) is 1. The van der Waals surface area contributed by atoms with Gasteiger partial charge in [-0.1, -0.05) is 6.07 Å². The number of aliphatic imine (C=N–C) groups is 1. The number of guanidine groups is 1. The van der Waals surface area contributed by atoms with Crippen LogP contribution in [0.2, 0.25) is 0 Å². The smallest absolute Gasteiger partial charge is 0.316 e. The number of primary amides is 1. The molecule has 3 unspecified atom stereocenters. The van der Waals surface area contributed by atoms with Gasteiger partial charge in [-0.2, -0.15) is 0 Å². The molecule has 0 bridgehead atoms. The largest absolute Gasteiger partial charge is 0.493 e. The average Bonchev–Trinajstić information content (AvgIpc) is 3.18. The lowest BCUT2D eigenvalue weighted by atomic mass is 9.93. The van der Waals surface area contributed by atoms with Crippen molar-refractivity contribution < 1.29 is 53.2 Å². The summed E-state index contributed by atoms with van der Waals surface area (Å²) in [5.41, 5.74) is 22.8. The molecule has 0 aliphatic carbocycles. The van der Waals surface area contributed by atoms with Gasteiger partial charge in [-0.15, -0.1) is 0 Å². The van der Waals surface area contributed by atoms with E-state index in [2.05, 4.69) is 42.2 Å². The van der Waals surface area contributed by atoms with Crippen LogP contribution in [0.15, 0.2) is 35.1 Å². The van der Waals surface area contributed by atoms with Crippen molar-refractivity contribution in [1.29, 1.82) is 0 Å². The molecule has 0 radical (unpaired) electrons. The van der Waals surface area contributed by atoms with Crippen LogP contribution in [-0.2, 0) is 28.8 Å². The second-order valence-corrected chi connectivity index (χ2v) is 12.9. The Hall–Kier alpha value is -6.24. The van der Waals surface area contributed by atoms with Crippen LogP contribution in [0, 0.1) is 0 Å². The zero-order chi connectivity index (χ0) is 42.2. The van der Waals surface area contributed by atoms with Gasteiger partial charge in [0.05, 0.1) is 39.5 Å². The van der Waals surface area contributed by atoms with Gasteiger partial charge in [0, 0.05) is 25.2 Å². The number of ether oxygens (including phenoxy) is 2. The van der Waals surface area contributed by atoms with Crippen molar-refractivity contribution in [3.63, 3.8) is 0 Å². The second kappa shape index (κ2) is 21.7. The number of amides is 8. The maximum atomic E-state index is 14.1. The molecule has 7 atom stereocenters. The molecule has 8 amide bonds. The fourth-order valence-electron chi connectivity index (χ4n) is 5.75. The molecule has 2 aliphatic heterocycles. The van der Waals surface area contributed by atoms with Gasteiger partial charge in [0.2, 0.25) is 29.5 Å². The highest BCUT2D eigenvalue weighted by atomic mass is 16.5. The molecule has 314 valence electrons. The van der Waals surface area contributed by atoms with Crippen molar-refractivity contribution in [2.45, 2.75) is 68.0 Å². The third-order valence-electron chi connectivity index (χ3n) is 8.72. The van der Waals surface area contributed by atoms with E-state index >= 15 is 0 Å². The summed E-state index contributed by atoms with van der Waals surface area (Å²) in [4.78, 5) is 96.9. The first-order valence-corrected chi connectivity index (χ1v) is 17.7. The number of nitrogens with one attached hydrogen (secondary N) is 8. The lowest BCUT2D eigenvalue weighted by Gasteiger charge is -2.34. The maximum absolute atomic E-state index is 14.1. The summed E-state index contributed by atoms with van der Waals surface area (Å²) in [6, 6.07) is -5.31. The van der Waals surface area contributed by atoms with E-state index in [9.17, 15) is 43.8 Å². The third kappa shape index (κ3) is 13.2. The van der Waals surface area contributed by atoms with Crippen molar-refractivity contribution in [3.8, 4) is 11.5 Å². The predicted octanol–water partition coefficient (Wildman–Crippen LogP) is -6.44. The number of carbonyl (C=O) groups is 7. The van der Waals surface area contributed by atoms with Gasteiger partial charge in [0.25, 0.3) is 5.91 Å². The van der Waals surface area contributed by atoms with Gasteiger partial charge in [0.15, 0.2) is 17.5 Å². The first kappa shape index (κ1) is 45.2. The Kier molecular flexibility index (Phi) is 17.2. The van der Waals surface area contributed by atoms with E-state index in [0.717, 1.165) is 0 Å². The number of rotatable bonds is 13. The summed E-state index contributed by atoms with van der Waals surface area (Å²) in [5.74, 6) is -5.57. The molecule has 1 saturated heterocycles. The highest BCUT2D eigenvalue weighted by Gasteiger charge is 2.38. The molecule has 1 fully saturated rings. The Morgan fingerprint density at radius 1 is 0.965 bits per heavy atom. The molecule has 0 spiro atoms. The lowest BCUT2D eigenvalue weighted by molar-refractivity contribution is -0.135. The topological polar surface area (TPSA) is 391 Å². The van der Waals surface area contributed by atoms with E-state index in [1.807, 2.05) is 5.32 Å². The average molecular weight is 806 g/mol. The first-order chi connectivity index (χ1) is 27.1. The summed E-state index contributed by atoms with van der Waals surface area (Å²) in [5, 5.41) is 38.8. The number of hydrogen-bond donors (Lipinski definition) is 14. The summed E-state index contributed by atoms with van der Waals surface area (Å²) in [6.45, 7) is -2.35. The minimum atomic E-state index is -1.79. The number of methoxy groups -OCH3 is 2. The minimum Gasteiger partial charge on any atom is -0.493 e. The highest BCUT2D eigenvalue weighted by Crippen LogP contribution is 2.34. The Morgan fingerprint density at radius 2 is 1.63 bits per heavy atom. The van der Waals surface area contributed by atoms with Crippen LogP contribution in [0.5, 0.6) is 11.5 Å². The van der Waals surface area contributed by atoms with Crippen molar-refractivity contribution >= 4 is 47.4 Å². The van der Waals surface area contributed by atoms with Gasteiger partial charge < -0.3 is 85.2 Å². The first-order valence-electron chi connectivity index (χ1n) is 17.7. The molecule has 1 aromatic rings. The zero-order valence-corrected chi connectivity index (χ0v) is 31.3. The van der Waals surface area contributed by atoms with E-state index in [-0.39, 0.29) is 18.8 Å². The van der Waals surface area contributed by atoms with Crippen LogP contribution < -0.4 is 74.9 Å². The second-order valence-electron chi connectivity index (χ2n) is 12.9. The molecule has 2 aliphatic rings. The maximum Gasteiger partial charge on any atom is 0.316 e. The zero-order valence-electron chi connectivity index (χ0n) is 31.3. The van der Waals surface area contributed by atoms with Crippen molar-refractivity contribution in [1.82, 2.24) is 42.5 Å². The molecule has 18 N–H and O–H groups in total. The van der Waals surface area contributed by atoms with Crippen molar-refractivity contribution in [2.75, 3.05) is 40.5 Å². The highest BCUT2D eigenvalue weighted by molar-refractivity contribution is 6.02. The van der Waals surface area contributed by atoms with Crippen LogP contribution in [-0.4, -0.2) is 134 Å². The minimum absolute atomic E-state index is 0.00235. The number of aliphatic hydroxyl groups excluding tert-OH is 2. The molecule has 24 nitrogen and oxygen atoms in total. The Labute approximate surface area is 326 Å². The van der Waals surface area contributed by atoms with E-state index in [4.69, 9.17) is 32.4 Å². The predicted molar refractivity (Wildman–Crippen MR) is 200 cm³/mol. The number of nitrogens with two attached hydrogens (primary N) is 4. The van der Waals surface area contributed by atoms with E-state index < -0.39 is 109 Å². The monoisotopic (exact) mass is 805 g/mol. The molecular formula is C33H51N13O11. The molecule has 57 heavy (non-hydrogen) atoms. The standard InChI is InChI=1S/C33H51N13O11/c1-56-23-6-5-15(8-24(23)57-2)17-10-18(45-32(36)44-17)26-31(54)38-11-19(40-25(49)9-16(35)4-3-7-34)27(50)42-22(14-48)30(53)43-21(13-47)29(52)41-20(28(51)46-26)12-39-33(37)55/h5-6,8,12,16-19,21-22,26,47-48H,3-4,7,9-11,13-14,34-35H2,1-2H3,(H,38,54)(H,40,49)(H,41,52)(H,42,50)(H,43,53)(H,46,51)(H3,36,44,45)(H3,37,39,55)/b20-12-/t16-,17?,18?,19?,21+,22+,26+/m0/s1. The van der Waals surface area contributed by atoms with Crippen LogP contribution in [0.25, 0.3) is 0 Å². The Bertz CT molecular complexity index is 1710. The van der Waals surface area contributed by atoms with Gasteiger partial charge in [-0.25, -0.2) is 9.79 Å². The molecule has 3 rings (SSSR count). The van der Waals surface area contributed by atoms with Crippen LogP contribution >= 0.6 is 0 Å². The van der Waals surface area contributed by atoms with Crippen LogP contribution in [0.4, 0.5) is 4.79 Å². The normalized spacial score (nSPS) is 24.9. The summed E-state index contributed by atoms with van der Waals surface area (Å²) >= 11 is 0. The lowest BCUT2D eigenvalue weighted by Crippen LogP contribution is -2.64. The Balaban J connectivity index is 2.08. The third-order valence-corrected chi connectivity index (χ3v) is 8.72. The van der Waals surface area contributed by atoms with E-state index in [1.165, 1.54) is 14.2 Å². The molecule has 0 saturated carbocycles. The number of carbonyl (C=O) groups excluding carboxylic acids is 7. The van der Waals surface area contributed by atoms with E-state index in [1.54, 1.807) is 18.2 Å². The summed E-state index contributed by atoms with van der Waals surface area (Å²) in [6.07, 6.45) is 1.37. The van der Waals surface area contributed by atoms with Crippen molar-refractivity contribution in [3.05, 3.63) is 35.7 Å². The van der Waals surface area contributed by atoms with Gasteiger partial charge in [-0.3, -0.25) is 28.8 Å². The number of aliphatic hydroxyl groups is 2. The van der Waals surface area contributed by atoms with E-state index in [0.29, 0.717) is 42.6 Å². The number of hydrogen-bond acceptors (Lipinski definition) is 16. The molecule has 0 aromatic heterocycles. The molecule has 1 aromatic carbocycles. The van der Waals surface area contributed by atoms with Gasteiger partial charge in [0.1, 0.15) is 29.9 Å². The van der Waals surface area contributed by atoms with Gasteiger partial charge >= 0.3 is 6.03 Å². The van der Waals surface area contributed by atoms with Crippen LogP contribution in [0.1, 0.15) is 37.3 Å². The molecule has 2 heterocycles. The number of benzene rings is 1. The molecule has 24 heteroatoms.